The maximum Gasteiger partial charge on any atom is 0.301 e. The van der Waals surface area contributed by atoms with Crippen molar-refractivity contribution in [2.75, 3.05) is 48.9 Å². The maximum atomic E-state index is 15.1. The molecule has 226 valence electrons. The van der Waals surface area contributed by atoms with Crippen LogP contribution >= 0.6 is 0 Å². The molecule has 0 radical (unpaired) electrons. The fraction of sp³-hybridized carbons (Fsp3) is 0.333. The standard InChI is InChI=1S/C30H32F2N6O4S/c1-2-24-28(35-43(40,41)37-14-11-20(31)18-37)10-8-26(32)29(24)42-23-7-9-27-25(17-23)30(39)38(19-34-27)22-5-3-21(4-6-22)36-15-12-33-13-16-36/h3-10,17,19-20,33,35H,2,11-16,18H2,1H3/t20-/m1/s1. The van der Waals surface area contributed by atoms with Gasteiger partial charge in [-0.25, -0.2) is 13.8 Å². The number of alkyl halides is 1. The van der Waals surface area contributed by atoms with Gasteiger partial charge in [0.2, 0.25) is 0 Å². The van der Waals surface area contributed by atoms with Crippen molar-refractivity contribution in [2.45, 2.75) is 25.9 Å². The molecule has 2 aliphatic rings. The zero-order valence-corrected chi connectivity index (χ0v) is 24.4. The minimum absolute atomic E-state index is 0.0610. The number of aromatic nitrogens is 2. The first-order chi connectivity index (χ1) is 20.7. The number of rotatable bonds is 8. The van der Waals surface area contributed by atoms with Crippen LogP contribution in [0.4, 0.5) is 20.2 Å². The third-order valence-electron chi connectivity index (χ3n) is 7.80. The van der Waals surface area contributed by atoms with Crippen LogP contribution in [0.25, 0.3) is 16.6 Å². The minimum Gasteiger partial charge on any atom is -0.454 e. The largest absolute Gasteiger partial charge is 0.454 e. The third-order valence-corrected chi connectivity index (χ3v) is 9.29. The van der Waals surface area contributed by atoms with Gasteiger partial charge in [-0.15, -0.1) is 0 Å². The lowest BCUT2D eigenvalue weighted by atomic mass is 10.1. The minimum atomic E-state index is -4.05. The highest BCUT2D eigenvalue weighted by Crippen LogP contribution is 2.35. The number of halogens is 2. The normalized spacial score (nSPS) is 17.8. The summed E-state index contributed by atoms with van der Waals surface area (Å²) in [4.78, 5) is 20.2. The second-order valence-corrected chi connectivity index (χ2v) is 12.2. The monoisotopic (exact) mass is 610 g/mol. The molecular formula is C30H32F2N6O4S. The van der Waals surface area contributed by atoms with Crippen molar-refractivity contribution in [1.82, 2.24) is 19.2 Å². The molecule has 4 aromatic rings. The molecule has 0 unspecified atom stereocenters. The number of hydrogen-bond donors (Lipinski definition) is 2. The Kier molecular flexibility index (Phi) is 8.03. The first-order valence-electron chi connectivity index (χ1n) is 14.2. The Morgan fingerprint density at radius 1 is 1.05 bits per heavy atom. The molecule has 10 nitrogen and oxygen atoms in total. The lowest BCUT2D eigenvalue weighted by molar-refractivity contribution is 0.343. The van der Waals surface area contributed by atoms with E-state index in [9.17, 15) is 17.6 Å². The first kappa shape index (κ1) is 29.0. The molecule has 0 spiro atoms. The summed E-state index contributed by atoms with van der Waals surface area (Å²) < 4.78 is 65.4. The molecule has 6 rings (SSSR count). The fourth-order valence-electron chi connectivity index (χ4n) is 5.48. The maximum absolute atomic E-state index is 15.1. The van der Waals surface area contributed by atoms with E-state index < -0.39 is 22.2 Å². The summed E-state index contributed by atoms with van der Waals surface area (Å²) in [5.74, 6) is -0.677. The number of piperazine rings is 1. The van der Waals surface area contributed by atoms with E-state index in [1.165, 1.54) is 23.0 Å². The SMILES string of the molecule is CCc1c(NS(=O)(=O)N2CC[C@@H](F)C2)ccc(F)c1Oc1ccc2ncn(-c3ccc(N4CCNCC4)cc3)c(=O)c2c1. The number of hydrogen-bond acceptors (Lipinski definition) is 7. The summed E-state index contributed by atoms with van der Waals surface area (Å²) in [6.45, 7) is 5.23. The summed E-state index contributed by atoms with van der Waals surface area (Å²) in [5, 5.41) is 3.61. The fourth-order valence-corrected chi connectivity index (χ4v) is 6.78. The zero-order valence-electron chi connectivity index (χ0n) is 23.6. The highest BCUT2D eigenvalue weighted by Gasteiger charge is 2.32. The Balaban J connectivity index is 1.29. The van der Waals surface area contributed by atoms with Gasteiger partial charge in [0.15, 0.2) is 11.6 Å². The molecule has 2 fully saturated rings. The zero-order chi connectivity index (χ0) is 30.1. The molecule has 2 aliphatic heterocycles. The van der Waals surface area contributed by atoms with Crippen molar-refractivity contribution in [2.24, 2.45) is 0 Å². The third kappa shape index (κ3) is 5.92. The molecule has 3 aromatic carbocycles. The van der Waals surface area contributed by atoms with Gasteiger partial charge in [-0.2, -0.15) is 12.7 Å². The molecule has 3 heterocycles. The summed E-state index contributed by atoms with van der Waals surface area (Å²) in [6.07, 6.45) is 0.612. The van der Waals surface area contributed by atoms with Gasteiger partial charge in [-0.3, -0.25) is 14.1 Å². The smallest absolute Gasteiger partial charge is 0.301 e. The highest BCUT2D eigenvalue weighted by atomic mass is 32.2. The van der Waals surface area contributed by atoms with Crippen molar-refractivity contribution in [1.29, 1.82) is 0 Å². The molecule has 1 atom stereocenters. The number of nitrogens with one attached hydrogen (secondary N) is 2. The molecule has 43 heavy (non-hydrogen) atoms. The van der Waals surface area contributed by atoms with Crippen LogP contribution < -0.4 is 25.2 Å². The Morgan fingerprint density at radius 2 is 1.79 bits per heavy atom. The Hall–Kier alpha value is -4.07. The van der Waals surface area contributed by atoms with Crippen LogP contribution in [-0.4, -0.2) is 67.7 Å². The predicted molar refractivity (Wildman–Crippen MR) is 162 cm³/mol. The number of anilines is 2. The van der Waals surface area contributed by atoms with Gasteiger partial charge in [-0.1, -0.05) is 6.92 Å². The molecule has 1 aromatic heterocycles. The van der Waals surface area contributed by atoms with E-state index in [4.69, 9.17) is 4.74 Å². The van der Waals surface area contributed by atoms with Gasteiger partial charge in [-0.05, 0) is 67.4 Å². The molecule has 0 bridgehead atoms. The molecule has 2 saturated heterocycles. The molecule has 0 saturated carbocycles. The van der Waals surface area contributed by atoms with Crippen LogP contribution in [0.3, 0.4) is 0 Å². The van der Waals surface area contributed by atoms with E-state index in [0.29, 0.717) is 11.2 Å². The van der Waals surface area contributed by atoms with Crippen molar-refractivity contribution in [3.63, 3.8) is 0 Å². The van der Waals surface area contributed by atoms with Crippen LogP contribution in [0.2, 0.25) is 0 Å². The summed E-state index contributed by atoms with van der Waals surface area (Å²) in [7, 11) is -4.05. The van der Waals surface area contributed by atoms with Gasteiger partial charge >= 0.3 is 10.2 Å². The number of fused-ring (bicyclic) bond motifs is 1. The van der Waals surface area contributed by atoms with Crippen LogP contribution in [0.15, 0.2) is 65.7 Å². The Morgan fingerprint density at radius 3 is 2.49 bits per heavy atom. The van der Waals surface area contributed by atoms with Crippen molar-refractivity contribution in [3.8, 4) is 17.2 Å². The molecule has 2 N–H and O–H groups in total. The summed E-state index contributed by atoms with van der Waals surface area (Å²) in [5.41, 5.74) is 2.28. The second kappa shape index (κ2) is 11.9. The average Bonchev–Trinajstić information content (AvgIpc) is 3.47. The van der Waals surface area contributed by atoms with Crippen LogP contribution in [0.1, 0.15) is 18.9 Å². The average molecular weight is 611 g/mol. The molecule has 0 amide bonds. The van der Waals surface area contributed by atoms with Crippen LogP contribution in [0, 0.1) is 5.82 Å². The van der Waals surface area contributed by atoms with E-state index in [1.807, 2.05) is 24.3 Å². The van der Waals surface area contributed by atoms with E-state index in [1.54, 1.807) is 19.1 Å². The van der Waals surface area contributed by atoms with Crippen molar-refractivity contribution >= 4 is 32.5 Å². The van der Waals surface area contributed by atoms with Gasteiger partial charge in [0.1, 0.15) is 18.2 Å². The molecule has 13 heteroatoms. The summed E-state index contributed by atoms with van der Waals surface area (Å²) >= 11 is 0. The van der Waals surface area contributed by atoms with E-state index >= 15 is 4.39 Å². The van der Waals surface area contributed by atoms with Gasteiger partial charge in [0.25, 0.3) is 5.56 Å². The number of nitrogens with zero attached hydrogens (tertiary/aromatic N) is 4. The first-order valence-corrected chi connectivity index (χ1v) is 15.7. The number of benzene rings is 3. The predicted octanol–water partition coefficient (Wildman–Crippen LogP) is 3.99. The lowest BCUT2D eigenvalue weighted by Gasteiger charge is -2.29. The van der Waals surface area contributed by atoms with Crippen LogP contribution in [-0.2, 0) is 16.6 Å². The van der Waals surface area contributed by atoms with Gasteiger partial charge in [0, 0.05) is 50.5 Å². The van der Waals surface area contributed by atoms with Gasteiger partial charge < -0.3 is 15.0 Å². The summed E-state index contributed by atoms with van der Waals surface area (Å²) in [6, 6.07) is 14.8. The number of ether oxygens (including phenoxy) is 1. The van der Waals surface area contributed by atoms with Crippen molar-refractivity contribution in [3.05, 3.63) is 82.7 Å². The molecule has 0 aliphatic carbocycles. The highest BCUT2D eigenvalue weighted by molar-refractivity contribution is 7.90. The lowest BCUT2D eigenvalue weighted by Crippen LogP contribution is -2.43. The Labute approximate surface area is 248 Å². The van der Waals surface area contributed by atoms with E-state index in [0.717, 1.165) is 42.2 Å². The second-order valence-electron chi connectivity index (χ2n) is 10.6. The Bertz CT molecular complexity index is 1810. The van der Waals surface area contributed by atoms with E-state index in [2.05, 4.69) is 19.9 Å². The van der Waals surface area contributed by atoms with Crippen molar-refractivity contribution < 1.29 is 21.9 Å². The quantitative estimate of drug-likeness (QED) is 0.311. The van der Waals surface area contributed by atoms with E-state index in [-0.39, 0.29) is 59.6 Å². The van der Waals surface area contributed by atoms with Gasteiger partial charge in [0.05, 0.1) is 22.3 Å². The van der Waals surface area contributed by atoms with Crippen LogP contribution in [0.5, 0.6) is 11.5 Å². The topological polar surface area (TPSA) is 109 Å². The molecular weight excluding hydrogens is 578 g/mol.